The lowest BCUT2D eigenvalue weighted by atomic mass is 10.00. The lowest BCUT2D eigenvalue weighted by Gasteiger charge is -2.31. The Bertz CT molecular complexity index is 798. The van der Waals surface area contributed by atoms with Crippen molar-refractivity contribution in [1.82, 2.24) is 10.2 Å². The van der Waals surface area contributed by atoms with Gasteiger partial charge in [0.15, 0.2) is 0 Å². The second-order valence-electron chi connectivity index (χ2n) is 8.49. The van der Waals surface area contributed by atoms with Crippen LogP contribution in [0.15, 0.2) is 54.6 Å². The van der Waals surface area contributed by atoms with E-state index in [-0.39, 0.29) is 17.9 Å². The first-order chi connectivity index (χ1) is 14.3. The molecule has 0 aliphatic carbocycles. The molecule has 2 rings (SSSR count). The Labute approximate surface area is 181 Å². The summed E-state index contributed by atoms with van der Waals surface area (Å²) in [5.74, 6) is 0.419. The van der Waals surface area contributed by atoms with Gasteiger partial charge in [0.2, 0.25) is 11.8 Å². The van der Waals surface area contributed by atoms with Gasteiger partial charge in [-0.2, -0.15) is 0 Å². The highest BCUT2D eigenvalue weighted by Gasteiger charge is 2.28. The maximum atomic E-state index is 13.2. The molecule has 2 amide bonds. The third kappa shape index (κ3) is 7.01. The molecule has 1 atom stereocenters. The topological polar surface area (TPSA) is 49.4 Å². The molecule has 0 aliphatic heterocycles. The van der Waals surface area contributed by atoms with Gasteiger partial charge in [-0.05, 0) is 49.3 Å². The maximum Gasteiger partial charge on any atom is 0.243 e. The molecular weight excluding hydrogens is 372 g/mol. The lowest BCUT2D eigenvalue weighted by molar-refractivity contribution is -0.141. The highest BCUT2D eigenvalue weighted by Crippen LogP contribution is 2.18. The van der Waals surface area contributed by atoms with E-state index in [0.717, 1.165) is 11.1 Å². The molecule has 4 nitrogen and oxygen atoms in total. The summed E-state index contributed by atoms with van der Waals surface area (Å²) in [6.45, 7) is 10.6. The quantitative estimate of drug-likeness (QED) is 0.596. The minimum absolute atomic E-state index is 0.0116. The SMILES string of the molecule is CC[C@@H](C(=O)NC(C)C)N(Cc1ccccc1)C(=O)CCc1ccc(C(C)C)cc1. The Kier molecular flexibility index (Phi) is 9.10. The summed E-state index contributed by atoms with van der Waals surface area (Å²) in [6, 6.07) is 17.9. The van der Waals surface area contributed by atoms with Crippen LogP contribution in [0.4, 0.5) is 0 Å². The van der Waals surface area contributed by atoms with Gasteiger partial charge in [0.05, 0.1) is 0 Å². The molecule has 4 heteroatoms. The fourth-order valence-corrected chi connectivity index (χ4v) is 3.54. The highest BCUT2D eigenvalue weighted by molar-refractivity contribution is 5.87. The third-order valence-electron chi connectivity index (χ3n) is 5.29. The second-order valence-corrected chi connectivity index (χ2v) is 8.49. The van der Waals surface area contributed by atoms with Crippen LogP contribution in [0.1, 0.15) is 70.1 Å². The number of rotatable bonds is 10. The summed E-state index contributed by atoms with van der Waals surface area (Å²) < 4.78 is 0. The van der Waals surface area contributed by atoms with Crippen LogP contribution in [-0.2, 0) is 22.6 Å². The fraction of sp³-hybridized carbons (Fsp3) is 0.462. The molecule has 0 saturated heterocycles. The second kappa shape index (κ2) is 11.5. The Balaban J connectivity index is 2.15. The lowest BCUT2D eigenvalue weighted by Crippen LogP contribution is -2.50. The van der Waals surface area contributed by atoms with Gasteiger partial charge in [0.25, 0.3) is 0 Å². The van der Waals surface area contributed by atoms with Crippen LogP contribution in [0.3, 0.4) is 0 Å². The predicted octanol–water partition coefficient (Wildman–Crippen LogP) is 5.07. The average Bonchev–Trinajstić information content (AvgIpc) is 2.72. The van der Waals surface area contributed by atoms with E-state index in [1.165, 1.54) is 5.56 Å². The van der Waals surface area contributed by atoms with E-state index in [1.807, 2.05) is 51.1 Å². The van der Waals surface area contributed by atoms with Gasteiger partial charge < -0.3 is 10.2 Å². The minimum atomic E-state index is -0.469. The number of hydrogen-bond donors (Lipinski definition) is 1. The van der Waals surface area contributed by atoms with Crippen molar-refractivity contribution >= 4 is 11.8 Å². The minimum Gasteiger partial charge on any atom is -0.352 e. The molecule has 2 aromatic carbocycles. The van der Waals surface area contributed by atoms with Crippen molar-refractivity contribution in [3.63, 3.8) is 0 Å². The van der Waals surface area contributed by atoms with Crippen LogP contribution in [0.25, 0.3) is 0 Å². The summed E-state index contributed by atoms with van der Waals surface area (Å²) in [7, 11) is 0. The first kappa shape index (κ1) is 23.7. The molecule has 0 saturated carbocycles. The van der Waals surface area contributed by atoms with Crippen molar-refractivity contribution < 1.29 is 9.59 Å². The van der Waals surface area contributed by atoms with Crippen molar-refractivity contribution in [3.05, 3.63) is 71.3 Å². The molecule has 0 fully saturated rings. The number of hydrogen-bond acceptors (Lipinski definition) is 2. The summed E-state index contributed by atoms with van der Waals surface area (Å²) in [5.41, 5.74) is 3.47. The molecule has 0 aromatic heterocycles. The molecular formula is C26H36N2O2. The van der Waals surface area contributed by atoms with Gasteiger partial charge in [0.1, 0.15) is 6.04 Å². The molecule has 30 heavy (non-hydrogen) atoms. The number of carbonyl (C=O) groups is 2. The fourth-order valence-electron chi connectivity index (χ4n) is 3.54. The molecule has 0 spiro atoms. The van der Waals surface area contributed by atoms with Crippen LogP contribution in [-0.4, -0.2) is 28.8 Å². The van der Waals surface area contributed by atoms with Gasteiger partial charge in [0, 0.05) is 19.0 Å². The monoisotopic (exact) mass is 408 g/mol. The van der Waals surface area contributed by atoms with E-state index in [9.17, 15) is 9.59 Å². The molecule has 0 aliphatic rings. The first-order valence-electron chi connectivity index (χ1n) is 11.0. The highest BCUT2D eigenvalue weighted by atomic mass is 16.2. The van der Waals surface area contributed by atoms with Crippen LogP contribution in [0, 0.1) is 0 Å². The van der Waals surface area contributed by atoms with Crippen molar-refractivity contribution in [1.29, 1.82) is 0 Å². The number of nitrogens with one attached hydrogen (secondary N) is 1. The zero-order chi connectivity index (χ0) is 22.1. The molecule has 1 N–H and O–H groups in total. The summed E-state index contributed by atoms with van der Waals surface area (Å²) >= 11 is 0. The summed E-state index contributed by atoms with van der Waals surface area (Å²) in [5, 5.41) is 2.97. The Morgan fingerprint density at radius 1 is 0.900 bits per heavy atom. The normalized spacial score (nSPS) is 12.1. The van der Waals surface area contributed by atoms with E-state index >= 15 is 0 Å². The van der Waals surface area contributed by atoms with Crippen molar-refractivity contribution in [2.75, 3.05) is 0 Å². The number of aryl methyl sites for hydroxylation is 1. The maximum absolute atomic E-state index is 13.2. The van der Waals surface area contributed by atoms with Gasteiger partial charge in [-0.25, -0.2) is 0 Å². The first-order valence-corrected chi connectivity index (χ1v) is 11.0. The van der Waals surface area contributed by atoms with Gasteiger partial charge in [-0.1, -0.05) is 75.4 Å². The van der Waals surface area contributed by atoms with Crippen LogP contribution in [0.2, 0.25) is 0 Å². The van der Waals surface area contributed by atoms with Gasteiger partial charge in [-0.3, -0.25) is 9.59 Å². The predicted molar refractivity (Wildman–Crippen MR) is 123 cm³/mol. The number of nitrogens with zero attached hydrogens (tertiary/aromatic N) is 1. The molecule has 162 valence electrons. The summed E-state index contributed by atoms with van der Waals surface area (Å²) in [6.07, 6.45) is 1.64. The van der Waals surface area contributed by atoms with E-state index in [0.29, 0.717) is 31.7 Å². The molecule has 0 heterocycles. The Morgan fingerprint density at radius 3 is 2.07 bits per heavy atom. The van der Waals surface area contributed by atoms with E-state index in [1.54, 1.807) is 4.90 Å². The smallest absolute Gasteiger partial charge is 0.243 e. The molecule has 0 bridgehead atoms. The van der Waals surface area contributed by atoms with Crippen LogP contribution in [0.5, 0.6) is 0 Å². The Hall–Kier alpha value is -2.62. The van der Waals surface area contributed by atoms with Crippen molar-refractivity contribution in [2.45, 2.75) is 78.4 Å². The number of benzene rings is 2. The number of amides is 2. The molecule has 0 radical (unpaired) electrons. The van der Waals surface area contributed by atoms with Gasteiger partial charge >= 0.3 is 0 Å². The average molecular weight is 409 g/mol. The van der Waals surface area contributed by atoms with E-state index < -0.39 is 6.04 Å². The standard InChI is InChI=1S/C26H36N2O2/c1-6-24(26(30)27-20(4)5)28(18-22-10-8-7-9-11-22)25(29)17-14-21-12-15-23(16-13-21)19(2)3/h7-13,15-16,19-20,24H,6,14,17-18H2,1-5H3,(H,27,30)/t24-/m0/s1. The van der Waals surface area contributed by atoms with Crippen LogP contribution >= 0.6 is 0 Å². The zero-order valence-corrected chi connectivity index (χ0v) is 19.0. The van der Waals surface area contributed by atoms with E-state index in [2.05, 4.69) is 43.4 Å². The molecule has 0 unspecified atom stereocenters. The molecule has 2 aromatic rings. The van der Waals surface area contributed by atoms with Crippen molar-refractivity contribution in [3.8, 4) is 0 Å². The third-order valence-corrected chi connectivity index (χ3v) is 5.29. The van der Waals surface area contributed by atoms with Crippen LogP contribution < -0.4 is 5.32 Å². The largest absolute Gasteiger partial charge is 0.352 e. The van der Waals surface area contributed by atoms with Crippen molar-refractivity contribution in [2.24, 2.45) is 0 Å². The zero-order valence-electron chi connectivity index (χ0n) is 19.0. The van der Waals surface area contributed by atoms with Gasteiger partial charge in [-0.15, -0.1) is 0 Å². The van der Waals surface area contributed by atoms with E-state index in [4.69, 9.17) is 0 Å². The Morgan fingerprint density at radius 2 is 1.53 bits per heavy atom. The summed E-state index contributed by atoms with van der Waals surface area (Å²) in [4.78, 5) is 27.8. The number of carbonyl (C=O) groups excluding carboxylic acids is 2.